The van der Waals surface area contributed by atoms with Gasteiger partial charge in [0.15, 0.2) is 5.79 Å². The SMILES string of the molecule is CC(C)(C)COC1(O)C2C3C=CC(O3)C21. The molecular weight excluding hydrogens is 192 g/mol. The molecule has 15 heavy (non-hydrogen) atoms. The Morgan fingerprint density at radius 3 is 2.27 bits per heavy atom. The molecule has 2 fully saturated rings. The van der Waals surface area contributed by atoms with Crippen molar-refractivity contribution in [2.45, 2.75) is 38.8 Å². The van der Waals surface area contributed by atoms with E-state index in [1.165, 1.54) is 0 Å². The van der Waals surface area contributed by atoms with E-state index in [0.717, 1.165) is 0 Å². The minimum atomic E-state index is -0.912. The molecule has 1 saturated carbocycles. The van der Waals surface area contributed by atoms with Crippen LogP contribution in [0.2, 0.25) is 0 Å². The van der Waals surface area contributed by atoms with Crippen LogP contribution in [0.25, 0.3) is 0 Å². The number of ether oxygens (including phenoxy) is 2. The van der Waals surface area contributed by atoms with Crippen LogP contribution in [0.4, 0.5) is 0 Å². The van der Waals surface area contributed by atoms with Crippen molar-refractivity contribution in [3.8, 4) is 0 Å². The Morgan fingerprint density at radius 2 is 1.80 bits per heavy atom. The second-order valence-corrected chi connectivity index (χ2v) is 6.10. The van der Waals surface area contributed by atoms with Crippen molar-refractivity contribution in [1.29, 1.82) is 0 Å². The minimum Gasteiger partial charge on any atom is -0.366 e. The molecule has 0 spiro atoms. The lowest BCUT2D eigenvalue weighted by atomic mass is 9.99. The molecule has 0 aromatic rings. The van der Waals surface area contributed by atoms with Gasteiger partial charge < -0.3 is 14.6 Å². The normalized spacial score (nSPS) is 50.9. The van der Waals surface area contributed by atoms with Gasteiger partial charge in [-0.2, -0.15) is 0 Å². The number of hydrogen-bond acceptors (Lipinski definition) is 3. The van der Waals surface area contributed by atoms with Crippen LogP contribution in [0.3, 0.4) is 0 Å². The topological polar surface area (TPSA) is 38.7 Å². The summed E-state index contributed by atoms with van der Waals surface area (Å²) in [6.45, 7) is 6.92. The predicted octanol–water partition coefficient (Wildman–Crippen LogP) is 1.32. The van der Waals surface area contributed by atoms with Gasteiger partial charge in [-0.05, 0) is 5.41 Å². The average molecular weight is 210 g/mol. The molecule has 84 valence electrons. The van der Waals surface area contributed by atoms with Crippen molar-refractivity contribution in [3.05, 3.63) is 12.2 Å². The summed E-state index contributed by atoms with van der Waals surface area (Å²) in [6.07, 6.45) is 4.27. The molecule has 1 saturated heterocycles. The van der Waals surface area contributed by atoms with Crippen molar-refractivity contribution in [2.75, 3.05) is 6.61 Å². The molecule has 0 amide bonds. The number of rotatable bonds is 2. The summed E-state index contributed by atoms with van der Waals surface area (Å²) in [5.74, 6) is -0.561. The van der Waals surface area contributed by atoms with Gasteiger partial charge in [-0.1, -0.05) is 32.9 Å². The monoisotopic (exact) mass is 210 g/mol. The van der Waals surface area contributed by atoms with E-state index < -0.39 is 5.79 Å². The lowest BCUT2D eigenvalue weighted by Crippen LogP contribution is -2.31. The maximum absolute atomic E-state index is 10.3. The molecule has 1 N–H and O–H groups in total. The summed E-state index contributed by atoms with van der Waals surface area (Å²) >= 11 is 0. The second kappa shape index (κ2) is 2.65. The van der Waals surface area contributed by atoms with Gasteiger partial charge in [0, 0.05) is 0 Å². The fourth-order valence-corrected chi connectivity index (χ4v) is 2.71. The summed E-state index contributed by atoms with van der Waals surface area (Å²) in [5.41, 5.74) is 0.0972. The first kappa shape index (κ1) is 9.82. The molecule has 0 aromatic heterocycles. The summed E-state index contributed by atoms with van der Waals surface area (Å²) in [6, 6.07) is 0. The van der Waals surface area contributed by atoms with Crippen molar-refractivity contribution in [2.24, 2.45) is 17.3 Å². The van der Waals surface area contributed by atoms with Crippen LogP contribution in [0, 0.1) is 17.3 Å². The van der Waals surface area contributed by atoms with E-state index in [0.29, 0.717) is 6.61 Å². The number of hydrogen-bond donors (Lipinski definition) is 1. The minimum absolute atomic E-state index is 0.0879. The zero-order valence-corrected chi connectivity index (χ0v) is 9.43. The third kappa shape index (κ3) is 1.30. The number of aliphatic hydroxyl groups is 1. The van der Waals surface area contributed by atoms with Crippen LogP contribution in [0.1, 0.15) is 20.8 Å². The van der Waals surface area contributed by atoms with Gasteiger partial charge >= 0.3 is 0 Å². The summed E-state index contributed by atoms with van der Waals surface area (Å²) in [4.78, 5) is 0. The highest BCUT2D eigenvalue weighted by Gasteiger charge is 2.76. The fraction of sp³-hybridized carbons (Fsp3) is 0.833. The largest absolute Gasteiger partial charge is 0.366 e. The third-order valence-corrected chi connectivity index (χ3v) is 3.48. The Kier molecular flexibility index (Phi) is 1.73. The first-order chi connectivity index (χ1) is 6.92. The quantitative estimate of drug-likeness (QED) is 0.552. The van der Waals surface area contributed by atoms with Crippen LogP contribution in [0.5, 0.6) is 0 Å². The van der Waals surface area contributed by atoms with Crippen molar-refractivity contribution < 1.29 is 14.6 Å². The highest BCUT2D eigenvalue weighted by molar-refractivity contribution is 5.29. The van der Waals surface area contributed by atoms with E-state index in [9.17, 15) is 5.11 Å². The lowest BCUT2D eigenvalue weighted by Gasteiger charge is -2.24. The second-order valence-electron chi connectivity index (χ2n) is 6.10. The molecule has 2 heterocycles. The maximum atomic E-state index is 10.3. The molecule has 4 atom stereocenters. The van der Waals surface area contributed by atoms with E-state index in [2.05, 4.69) is 20.8 Å². The zero-order chi connectivity index (χ0) is 10.8. The van der Waals surface area contributed by atoms with Gasteiger partial charge in [0.05, 0.1) is 30.7 Å². The Balaban J connectivity index is 1.66. The molecule has 0 radical (unpaired) electrons. The van der Waals surface area contributed by atoms with Crippen LogP contribution in [0.15, 0.2) is 12.2 Å². The third-order valence-electron chi connectivity index (χ3n) is 3.48. The van der Waals surface area contributed by atoms with Gasteiger partial charge in [0.1, 0.15) is 0 Å². The molecular formula is C12H18O3. The Morgan fingerprint density at radius 1 is 1.27 bits per heavy atom. The molecule has 3 nitrogen and oxygen atoms in total. The van der Waals surface area contributed by atoms with Crippen molar-refractivity contribution in [1.82, 2.24) is 0 Å². The van der Waals surface area contributed by atoms with Crippen molar-refractivity contribution in [3.63, 3.8) is 0 Å². The highest BCUT2D eigenvalue weighted by atomic mass is 16.6. The standard InChI is InChI=1S/C12H18O3/c1-11(2,3)6-14-12(13)9-7-4-5-8(15-7)10(9)12/h4-5,7-10,13H,6H2,1-3H3. The molecule has 0 aromatic carbocycles. The van der Waals surface area contributed by atoms with E-state index >= 15 is 0 Å². The van der Waals surface area contributed by atoms with E-state index in [-0.39, 0.29) is 29.5 Å². The van der Waals surface area contributed by atoms with Gasteiger partial charge in [0.2, 0.25) is 0 Å². The molecule has 1 aliphatic carbocycles. The molecule has 2 aliphatic heterocycles. The predicted molar refractivity (Wildman–Crippen MR) is 55.1 cm³/mol. The van der Waals surface area contributed by atoms with Crippen LogP contribution in [-0.4, -0.2) is 29.7 Å². The van der Waals surface area contributed by atoms with Gasteiger partial charge in [-0.25, -0.2) is 0 Å². The van der Waals surface area contributed by atoms with Crippen LogP contribution < -0.4 is 0 Å². The summed E-state index contributed by atoms with van der Waals surface area (Å²) < 4.78 is 11.3. The van der Waals surface area contributed by atoms with E-state index in [1.54, 1.807) is 0 Å². The highest BCUT2D eigenvalue weighted by Crippen LogP contribution is 2.64. The van der Waals surface area contributed by atoms with E-state index in [1.807, 2.05) is 12.2 Å². The van der Waals surface area contributed by atoms with Gasteiger partial charge in [0.25, 0.3) is 0 Å². The molecule has 3 rings (SSSR count). The van der Waals surface area contributed by atoms with Gasteiger partial charge in [-0.15, -0.1) is 0 Å². The lowest BCUT2D eigenvalue weighted by molar-refractivity contribution is -0.187. The molecule has 2 bridgehead atoms. The Labute approximate surface area is 90.1 Å². The molecule has 3 heteroatoms. The first-order valence-electron chi connectivity index (χ1n) is 5.62. The zero-order valence-electron chi connectivity index (χ0n) is 9.43. The Bertz CT molecular complexity index is 297. The van der Waals surface area contributed by atoms with Gasteiger partial charge in [-0.3, -0.25) is 0 Å². The number of fused-ring (bicyclic) bond motifs is 5. The average Bonchev–Trinajstić information content (AvgIpc) is 2.54. The van der Waals surface area contributed by atoms with Crippen molar-refractivity contribution >= 4 is 0 Å². The summed E-state index contributed by atoms with van der Waals surface area (Å²) in [5, 5.41) is 10.3. The van der Waals surface area contributed by atoms with Crippen LogP contribution in [-0.2, 0) is 9.47 Å². The smallest absolute Gasteiger partial charge is 0.177 e. The molecule has 3 aliphatic rings. The van der Waals surface area contributed by atoms with Crippen LogP contribution >= 0.6 is 0 Å². The summed E-state index contributed by atoms with van der Waals surface area (Å²) in [7, 11) is 0. The first-order valence-corrected chi connectivity index (χ1v) is 5.62. The Hall–Kier alpha value is -0.380. The molecule has 4 unspecified atom stereocenters. The maximum Gasteiger partial charge on any atom is 0.177 e. The fourth-order valence-electron chi connectivity index (χ4n) is 2.71. The van der Waals surface area contributed by atoms with E-state index in [4.69, 9.17) is 9.47 Å².